The van der Waals surface area contributed by atoms with Crippen molar-refractivity contribution in [1.82, 2.24) is 4.90 Å². The Kier molecular flexibility index (Phi) is 7.53. The lowest BCUT2D eigenvalue weighted by atomic mass is 9.83. The van der Waals surface area contributed by atoms with E-state index in [2.05, 4.69) is 0 Å². The second-order valence-electron chi connectivity index (χ2n) is 9.99. The Morgan fingerprint density at radius 1 is 1.03 bits per heavy atom. The Bertz CT molecular complexity index is 1380. The van der Waals surface area contributed by atoms with Gasteiger partial charge in [0, 0.05) is 16.1 Å². The number of likely N-dealkylation sites (tertiary alicyclic amines) is 1. The SMILES string of the molecule is CC(C)CC1(C(=O)O)CC(C(=O)O)C(c2ccc(-c3ccc(Cl)cc3)o2)N1C(=O)c1ccc(C(F)(F)F)cc1. The van der Waals surface area contributed by atoms with Crippen molar-refractivity contribution in [1.29, 1.82) is 0 Å². The number of aliphatic carboxylic acids is 2. The van der Waals surface area contributed by atoms with Crippen LogP contribution in [0.15, 0.2) is 65.1 Å². The number of halogens is 4. The summed E-state index contributed by atoms with van der Waals surface area (Å²) in [4.78, 5) is 40.1. The van der Waals surface area contributed by atoms with E-state index in [1.807, 2.05) is 0 Å². The Morgan fingerprint density at radius 2 is 1.64 bits per heavy atom. The molecule has 11 heteroatoms. The first-order chi connectivity index (χ1) is 18.2. The van der Waals surface area contributed by atoms with Crippen LogP contribution in [-0.4, -0.2) is 38.5 Å². The van der Waals surface area contributed by atoms with Gasteiger partial charge < -0.3 is 19.5 Å². The van der Waals surface area contributed by atoms with E-state index in [0.29, 0.717) is 16.3 Å². The second-order valence-corrected chi connectivity index (χ2v) is 10.4. The smallest absolute Gasteiger partial charge is 0.416 e. The Labute approximate surface area is 226 Å². The van der Waals surface area contributed by atoms with Gasteiger partial charge in [-0.2, -0.15) is 13.2 Å². The number of rotatable bonds is 7. The molecule has 4 rings (SSSR count). The number of alkyl halides is 3. The quantitative estimate of drug-likeness (QED) is 0.328. The van der Waals surface area contributed by atoms with Gasteiger partial charge in [0.1, 0.15) is 23.1 Å². The first kappa shape index (κ1) is 28.2. The summed E-state index contributed by atoms with van der Waals surface area (Å²) in [6, 6.07) is 11.7. The van der Waals surface area contributed by atoms with Crippen molar-refractivity contribution in [3.05, 3.63) is 82.6 Å². The van der Waals surface area contributed by atoms with E-state index in [-0.39, 0.29) is 23.7 Å². The predicted molar refractivity (Wildman–Crippen MR) is 135 cm³/mol. The fourth-order valence-electron chi connectivity index (χ4n) is 5.25. The molecule has 3 atom stereocenters. The summed E-state index contributed by atoms with van der Waals surface area (Å²) in [6.07, 6.45) is -5.13. The minimum Gasteiger partial charge on any atom is -0.481 e. The molecule has 1 fully saturated rings. The molecule has 3 aromatic rings. The number of carboxylic acids is 2. The zero-order valence-corrected chi connectivity index (χ0v) is 21.7. The maximum atomic E-state index is 13.9. The van der Waals surface area contributed by atoms with Crippen molar-refractivity contribution < 1.29 is 42.2 Å². The number of amides is 1. The first-order valence-electron chi connectivity index (χ1n) is 12.1. The van der Waals surface area contributed by atoms with E-state index in [4.69, 9.17) is 16.0 Å². The van der Waals surface area contributed by atoms with E-state index in [9.17, 15) is 37.8 Å². The lowest BCUT2D eigenvalue weighted by Crippen LogP contribution is -2.54. The van der Waals surface area contributed by atoms with Gasteiger partial charge in [-0.15, -0.1) is 0 Å². The summed E-state index contributed by atoms with van der Waals surface area (Å²) in [5.74, 6) is -4.90. The molecule has 0 saturated carbocycles. The number of hydrogen-bond donors (Lipinski definition) is 2. The summed E-state index contributed by atoms with van der Waals surface area (Å²) < 4.78 is 45.4. The van der Waals surface area contributed by atoms with Crippen LogP contribution in [-0.2, 0) is 15.8 Å². The number of carbonyl (C=O) groups is 3. The highest BCUT2D eigenvalue weighted by Gasteiger charge is 2.61. The third-order valence-corrected chi connectivity index (χ3v) is 7.12. The zero-order valence-electron chi connectivity index (χ0n) is 20.9. The van der Waals surface area contributed by atoms with Crippen molar-refractivity contribution in [3.8, 4) is 11.3 Å². The molecule has 39 heavy (non-hydrogen) atoms. The monoisotopic (exact) mass is 563 g/mol. The number of benzene rings is 2. The van der Waals surface area contributed by atoms with Crippen molar-refractivity contribution in [2.45, 2.75) is 44.4 Å². The lowest BCUT2D eigenvalue weighted by molar-refractivity contribution is -0.150. The van der Waals surface area contributed by atoms with Crippen LogP contribution >= 0.6 is 11.6 Å². The molecule has 1 aliphatic rings. The maximum Gasteiger partial charge on any atom is 0.416 e. The van der Waals surface area contributed by atoms with Gasteiger partial charge in [-0.25, -0.2) is 4.79 Å². The highest BCUT2D eigenvalue weighted by molar-refractivity contribution is 6.30. The fourth-order valence-corrected chi connectivity index (χ4v) is 5.37. The van der Waals surface area contributed by atoms with Crippen molar-refractivity contribution in [2.24, 2.45) is 11.8 Å². The molecule has 1 aliphatic heterocycles. The highest BCUT2D eigenvalue weighted by atomic mass is 35.5. The molecule has 0 spiro atoms. The zero-order chi connectivity index (χ0) is 28.7. The molecular weight excluding hydrogens is 539 g/mol. The molecule has 3 unspecified atom stereocenters. The average Bonchev–Trinajstić information content (AvgIpc) is 3.47. The number of carboxylic acid groups (broad SMARTS) is 2. The Morgan fingerprint density at radius 3 is 2.15 bits per heavy atom. The van der Waals surface area contributed by atoms with E-state index < -0.39 is 53.5 Å². The van der Waals surface area contributed by atoms with Gasteiger partial charge in [0.2, 0.25) is 0 Å². The highest BCUT2D eigenvalue weighted by Crippen LogP contribution is 2.51. The number of hydrogen-bond acceptors (Lipinski definition) is 4. The van der Waals surface area contributed by atoms with E-state index >= 15 is 0 Å². The summed E-state index contributed by atoms with van der Waals surface area (Å²) in [7, 11) is 0. The van der Waals surface area contributed by atoms with Crippen molar-refractivity contribution >= 4 is 29.4 Å². The summed E-state index contributed by atoms with van der Waals surface area (Å²) in [5.41, 5.74) is -2.53. The summed E-state index contributed by atoms with van der Waals surface area (Å²) in [5, 5.41) is 21.0. The standard InChI is InChI=1S/C28H25ClF3NO6/c1-15(2)13-27(26(37)38)14-20(25(35)36)23(22-12-11-21(39-22)16-5-9-19(29)10-6-16)33(27)24(34)17-3-7-18(8-4-17)28(30,31)32/h3-12,15,20,23H,13-14H2,1-2H3,(H,35,36)(H,37,38). The maximum absolute atomic E-state index is 13.9. The molecule has 1 saturated heterocycles. The van der Waals surface area contributed by atoms with E-state index in [1.165, 1.54) is 6.07 Å². The molecule has 1 aromatic heterocycles. The van der Waals surface area contributed by atoms with Gasteiger partial charge in [0.15, 0.2) is 0 Å². The number of carbonyl (C=O) groups excluding carboxylic acids is 1. The van der Waals surface area contributed by atoms with Gasteiger partial charge >= 0.3 is 18.1 Å². The van der Waals surface area contributed by atoms with Crippen LogP contribution in [0.2, 0.25) is 5.02 Å². The lowest BCUT2D eigenvalue weighted by Gasteiger charge is -2.38. The fraction of sp³-hybridized carbons (Fsp3) is 0.321. The van der Waals surface area contributed by atoms with Crippen LogP contribution in [0.1, 0.15) is 54.4 Å². The van der Waals surface area contributed by atoms with Crippen LogP contribution in [0.25, 0.3) is 11.3 Å². The molecule has 0 radical (unpaired) electrons. The molecule has 7 nitrogen and oxygen atoms in total. The van der Waals surface area contributed by atoms with Crippen LogP contribution in [0, 0.1) is 11.8 Å². The molecule has 2 heterocycles. The summed E-state index contributed by atoms with van der Waals surface area (Å²) in [6.45, 7) is 3.47. The third-order valence-electron chi connectivity index (χ3n) is 6.86. The molecule has 1 amide bonds. The molecule has 0 bridgehead atoms. The molecule has 2 N–H and O–H groups in total. The van der Waals surface area contributed by atoms with Crippen LogP contribution in [0.5, 0.6) is 0 Å². The Balaban J connectivity index is 1.87. The van der Waals surface area contributed by atoms with Crippen molar-refractivity contribution in [3.63, 3.8) is 0 Å². The van der Waals surface area contributed by atoms with Gasteiger partial charge in [-0.1, -0.05) is 25.4 Å². The van der Waals surface area contributed by atoms with Crippen molar-refractivity contribution in [2.75, 3.05) is 0 Å². The minimum absolute atomic E-state index is 0.0412. The van der Waals surface area contributed by atoms with Gasteiger partial charge in [-0.3, -0.25) is 9.59 Å². The first-order valence-corrected chi connectivity index (χ1v) is 12.4. The normalized spacial score (nSPS) is 21.4. The number of nitrogens with zero attached hydrogens (tertiary/aromatic N) is 1. The van der Waals surface area contributed by atoms with E-state index in [0.717, 1.165) is 29.2 Å². The van der Waals surface area contributed by atoms with Crippen LogP contribution < -0.4 is 0 Å². The molecule has 2 aromatic carbocycles. The van der Waals surface area contributed by atoms with Crippen LogP contribution in [0.4, 0.5) is 13.2 Å². The van der Waals surface area contributed by atoms with Gasteiger partial charge in [0.05, 0.1) is 11.5 Å². The molecular formula is C28H25ClF3NO6. The predicted octanol–water partition coefficient (Wildman–Crippen LogP) is 6.78. The molecule has 206 valence electrons. The largest absolute Gasteiger partial charge is 0.481 e. The average molecular weight is 564 g/mol. The van der Waals surface area contributed by atoms with Crippen LogP contribution in [0.3, 0.4) is 0 Å². The van der Waals surface area contributed by atoms with E-state index in [1.54, 1.807) is 44.2 Å². The topological polar surface area (TPSA) is 108 Å². The summed E-state index contributed by atoms with van der Waals surface area (Å²) >= 11 is 5.95. The van der Waals surface area contributed by atoms with Gasteiger partial charge in [0.25, 0.3) is 5.91 Å². The Hall–Kier alpha value is -3.79. The second kappa shape index (κ2) is 10.4. The van der Waals surface area contributed by atoms with Gasteiger partial charge in [-0.05, 0) is 79.4 Å². The number of furan rings is 1. The molecule has 0 aliphatic carbocycles. The third kappa shape index (κ3) is 5.38. The minimum atomic E-state index is -4.64.